The molecule has 4 aromatic rings. The molecular weight excluding hydrogens is 541 g/mol. The molecule has 0 heterocycles. The van der Waals surface area contributed by atoms with Crippen molar-refractivity contribution >= 4 is 71.6 Å². The van der Waals surface area contributed by atoms with Gasteiger partial charge in [-0.1, -0.05) is 0 Å². The van der Waals surface area contributed by atoms with Crippen LogP contribution in [0.2, 0.25) is 0 Å². The summed E-state index contributed by atoms with van der Waals surface area (Å²) in [5.41, 5.74) is 0. The van der Waals surface area contributed by atoms with Gasteiger partial charge < -0.3 is 0 Å². The number of phenolic OH excluding ortho intramolecular Hbond substituents is 1. The van der Waals surface area contributed by atoms with E-state index in [9.17, 15) is 5.11 Å². The van der Waals surface area contributed by atoms with Gasteiger partial charge in [-0.15, -0.1) is 0 Å². The molecule has 138 valence electrons. The van der Waals surface area contributed by atoms with Crippen molar-refractivity contribution in [1.29, 1.82) is 0 Å². The number of rotatable bonds is 6. The first kappa shape index (κ1) is 19.6. The van der Waals surface area contributed by atoms with Crippen LogP contribution in [0.4, 0.5) is 0 Å². The van der Waals surface area contributed by atoms with E-state index >= 15 is 0 Å². The van der Waals surface area contributed by atoms with Crippen LogP contribution in [-0.4, -0.2) is 50.0 Å². The van der Waals surface area contributed by atoms with Crippen molar-refractivity contribution < 1.29 is 5.11 Å². The summed E-state index contributed by atoms with van der Waals surface area (Å²) < 4.78 is 7.43. The molecule has 4 rings (SSSR count). The molecule has 0 atom stereocenters. The van der Waals surface area contributed by atoms with Gasteiger partial charge in [0.2, 0.25) is 0 Å². The second kappa shape index (κ2) is 9.63. The molecule has 1 nitrogen and oxygen atoms in total. The van der Waals surface area contributed by atoms with Gasteiger partial charge in [0.25, 0.3) is 0 Å². The van der Waals surface area contributed by atoms with Crippen molar-refractivity contribution in [2.75, 3.05) is 0 Å². The molecule has 0 fully saturated rings. The van der Waals surface area contributed by atoms with Gasteiger partial charge in [0.05, 0.1) is 0 Å². The standard InChI is InChI=1S/C24H18OSe3/c25-24-22(27-19-12-6-2-7-13-19)16-21(26-18-10-4-1-5-11-18)17-23(24)28-20-14-8-3-9-15-20/h1-17,25H. The van der Waals surface area contributed by atoms with Gasteiger partial charge in [0, 0.05) is 0 Å². The number of hydrogen-bond donors (Lipinski definition) is 1. The third-order valence-electron chi connectivity index (χ3n) is 3.93. The van der Waals surface area contributed by atoms with Gasteiger partial charge in [0.15, 0.2) is 0 Å². The molecule has 4 heteroatoms. The minimum absolute atomic E-state index is 0.0929. The van der Waals surface area contributed by atoms with Gasteiger partial charge in [-0.05, 0) is 0 Å². The van der Waals surface area contributed by atoms with E-state index < -0.39 is 0 Å². The van der Waals surface area contributed by atoms with Gasteiger partial charge in [-0.25, -0.2) is 0 Å². The molecule has 0 spiro atoms. The van der Waals surface area contributed by atoms with Crippen molar-refractivity contribution in [3.05, 3.63) is 103 Å². The minimum atomic E-state index is 0.0929. The van der Waals surface area contributed by atoms with Crippen molar-refractivity contribution in [2.45, 2.75) is 0 Å². The van der Waals surface area contributed by atoms with E-state index in [4.69, 9.17) is 0 Å². The van der Waals surface area contributed by atoms with E-state index in [-0.39, 0.29) is 44.9 Å². The van der Waals surface area contributed by atoms with Crippen LogP contribution in [0.15, 0.2) is 103 Å². The fourth-order valence-corrected chi connectivity index (χ4v) is 9.58. The zero-order chi connectivity index (χ0) is 19.2. The molecule has 0 aliphatic carbocycles. The van der Waals surface area contributed by atoms with Gasteiger partial charge >= 0.3 is 186 Å². The summed E-state index contributed by atoms with van der Waals surface area (Å²) in [6, 6.07) is 36.0. The predicted molar refractivity (Wildman–Crippen MR) is 122 cm³/mol. The molecule has 0 aliphatic rings. The second-order valence-corrected chi connectivity index (χ2v) is 13.1. The Balaban J connectivity index is 1.71. The average molecular weight is 559 g/mol. The fraction of sp³-hybridized carbons (Fsp3) is 0. The number of phenols is 1. The first-order valence-electron chi connectivity index (χ1n) is 8.84. The summed E-state index contributed by atoms with van der Waals surface area (Å²) in [6.07, 6.45) is 0. The number of aromatic hydroxyl groups is 1. The van der Waals surface area contributed by atoms with E-state index in [1.54, 1.807) is 0 Å². The summed E-state index contributed by atoms with van der Waals surface area (Å²) in [6.45, 7) is 0. The van der Waals surface area contributed by atoms with Crippen LogP contribution < -0.4 is 26.8 Å². The van der Waals surface area contributed by atoms with E-state index in [1.807, 2.05) is 12.1 Å². The van der Waals surface area contributed by atoms with Gasteiger partial charge in [-0.3, -0.25) is 0 Å². The maximum atomic E-state index is 11.0. The van der Waals surface area contributed by atoms with Crippen LogP contribution in [0.5, 0.6) is 5.75 Å². The Morgan fingerprint density at radius 2 is 0.786 bits per heavy atom. The summed E-state index contributed by atoms with van der Waals surface area (Å²) >= 11 is 0.420. The predicted octanol–water partition coefficient (Wildman–Crippen LogP) is 0.357. The van der Waals surface area contributed by atoms with E-state index in [0.717, 1.165) is 8.92 Å². The molecule has 1 N–H and O–H groups in total. The summed E-state index contributed by atoms with van der Waals surface area (Å²) in [7, 11) is 0. The summed E-state index contributed by atoms with van der Waals surface area (Å²) in [4.78, 5) is 0. The van der Waals surface area contributed by atoms with Crippen molar-refractivity contribution in [3.8, 4) is 5.75 Å². The first-order valence-corrected chi connectivity index (χ1v) is 14.0. The molecule has 0 bridgehead atoms. The second-order valence-electron chi connectivity index (χ2n) is 6.01. The Hall–Kier alpha value is -1.76. The number of hydrogen-bond acceptors (Lipinski definition) is 1. The van der Waals surface area contributed by atoms with Crippen LogP contribution in [0.25, 0.3) is 0 Å². The van der Waals surface area contributed by atoms with E-state index in [1.165, 1.54) is 17.8 Å². The van der Waals surface area contributed by atoms with Crippen LogP contribution in [-0.2, 0) is 0 Å². The molecule has 0 radical (unpaired) electrons. The van der Waals surface area contributed by atoms with Crippen LogP contribution >= 0.6 is 0 Å². The molecule has 0 amide bonds. The Morgan fingerprint density at radius 1 is 0.429 bits per heavy atom. The Bertz CT molecular complexity index is 973. The van der Waals surface area contributed by atoms with Crippen LogP contribution in [0.1, 0.15) is 0 Å². The van der Waals surface area contributed by atoms with Crippen molar-refractivity contribution in [2.24, 2.45) is 0 Å². The zero-order valence-corrected chi connectivity index (χ0v) is 20.1. The number of benzene rings is 4. The molecule has 0 saturated carbocycles. The van der Waals surface area contributed by atoms with Gasteiger partial charge in [0.1, 0.15) is 0 Å². The summed E-state index contributed by atoms with van der Waals surface area (Å²) in [5.74, 6) is 0.486. The molecule has 0 aromatic heterocycles. The van der Waals surface area contributed by atoms with Gasteiger partial charge in [-0.2, -0.15) is 0 Å². The van der Waals surface area contributed by atoms with E-state index in [2.05, 4.69) is 91.0 Å². The van der Waals surface area contributed by atoms with Crippen LogP contribution in [0, 0.1) is 0 Å². The topological polar surface area (TPSA) is 20.2 Å². The third-order valence-corrected chi connectivity index (χ3v) is 10.3. The first-order chi connectivity index (χ1) is 13.8. The zero-order valence-electron chi connectivity index (χ0n) is 15.0. The Labute approximate surface area is 184 Å². The summed E-state index contributed by atoms with van der Waals surface area (Å²) in [5, 5.41) is 11.0. The molecule has 0 saturated heterocycles. The van der Waals surface area contributed by atoms with E-state index in [0.29, 0.717) is 5.75 Å². The fourth-order valence-electron chi connectivity index (χ4n) is 2.63. The molecule has 0 aliphatic heterocycles. The molecule has 0 unspecified atom stereocenters. The molecule has 4 aromatic carbocycles. The average Bonchev–Trinajstić information content (AvgIpc) is 2.74. The van der Waals surface area contributed by atoms with Crippen LogP contribution in [0.3, 0.4) is 0 Å². The molecular formula is C24H18OSe3. The third kappa shape index (κ3) is 5.19. The Kier molecular flexibility index (Phi) is 6.72. The SMILES string of the molecule is Oc1c([Se]c2ccccc2)cc([Se]c2ccccc2)cc1[Se]c1ccccc1. The quantitative estimate of drug-likeness (QED) is 0.339. The maximum absolute atomic E-state index is 11.0. The monoisotopic (exact) mass is 562 g/mol. The normalized spacial score (nSPS) is 10.7. The molecule has 28 heavy (non-hydrogen) atoms. The Morgan fingerprint density at radius 3 is 1.18 bits per heavy atom. The van der Waals surface area contributed by atoms with Crippen molar-refractivity contribution in [3.63, 3.8) is 0 Å². The van der Waals surface area contributed by atoms with Crippen molar-refractivity contribution in [1.82, 2.24) is 0 Å².